The summed E-state index contributed by atoms with van der Waals surface area (Å²) in [5.41, 5.74) is 7.89. The van der Waals surface area contributed by atoms with Gasteiger partial charge in [0.15, 0.2) is 0 Å². The van der Waals surface area contributed by atoms with Crippen molar-refractivity contribution in [2.75, 3.05) is 6.54 Å². The Morgan fingerprint density at radius 2 is 1.83 bits per heavy atom. The molecule has 0 aromatic heterocycles. The van der Waals surface area contributed by atoms with Crippen LogP contribution in [0.4, 0.5) is 4.39 Å². The molecule has 1 nitrogen and oxygen atoms in total. The lowest BCUT2D eigenvalue weighted by molar-refractivity contribution is 0.621. The van der Waals surface area contributed by atoms with Crippen LogP contribution < -0.4 is 5.73 Å². The number of rotatable bonds is 4. The van der Waals surface area contributed by atoms with Crippen LogP contribution in [0.5, 0.6) is 0 Å². The topological polar surface area (TPSA) is 26.0 Å². The van der Waals surface area contributed by atoms with E-state index in [0.717, 1.165) is 17.5 Å². The highest BCUT2D eigenvalue weighted by atomic mass is 35.5. The third-order valence-corrected chi connectivity index (χ3v) is 3.25. The largest absolute Gasteiger partial charge is 0.330 e. The van der Waals surface area contributed by atoms with Crippen LogP contribution in [-0.2, 0) is 6.42 Å². The average molecular weight is 264 g/mol. The van der Waals surface area contributed by atoms with E-state index in [1.54, 1.807) is 12.1 Å². The molecule has 94 valence electrons. The summed E-state index contributed by atoms with van der Waals surface area (Å²) in [7, 11) is 0. The van der Waals surface area contributed by atoms with Gasteiger partial charge in [0.1, 0.15) is 5.82 Å². The van der Waals surface area contributed by atoms with Gasteiger partial charge < -0.3 is 5.73 Å². The van der Waals surface area contributed by atoms with Crippen molar-refractivity contribution in [1.29, 1.82) is 0 Å². The Labute approximate surface area is 111 Å². The molecule has 0 aliphatic heterocycles. The molecule has 0 aliphatic carbocycles. The summed E-state index contributed by atoms with van der Waals surface area (Å²) in [5.74, 6) is -0.0246. The molecule has 0 fully saturated rings. The minimum absolute atomic E-state index is 0.184. The molecule has 18 heavy (non-hydrogen) atoms. The molecule has 0 spiro atoms. The van der Waals surface area contributed by atoms with Crippen molar-refractivity contribution in [3.05, 3.63) is 70.5 Å². The molecule has 0 radical (unpaired) electrons. The van der Waals surface area contributed by atoms with Gasteiger partial charge in [-0.05, 0) is 48.4 Å². The van der Waals surface area contributed by atoms with E-state index in [2.05, 4.69) is 0 Å². The van der Waals surface area contributed by atoms with Crippen molar-refractivity contribution in [1.82, 2.24) is 0 Å². The van der Waals surface area contributed by atoms with E-state index in [4.69, 9.17) is 17.3 Å². The fourth-order valence-electron chi connectivity index (χ4n) is 2.02. The van der Waals surface area contributed by atoms with Gasteiger partial charge in [0.2, 0.25) is 0 Å². The first kappa shape index (κ1) is 13.1. The van der Waals surface area contributed by atoms with E-state index in [1.807, 2.05) is 30.3 Å². The maximum Gasteiger partial charge on any atom is 0.123 e. The van der Waals surface area contributed by atoms with Crippen LogP contribution in [0.15, 0.2) is 48.5 Å². The molecular weight excluding hydrogens is 249 g/mol. The predicted octanol–water partition coefficient (Wildman–Crippen LogP) is 3.76. The summed E-state index contributed by atoms with van der Waals surface area (Å²) in [5, 5.41) is 0.709. The fraction of sp³-hybridized carbons (Fsp3) is 0.200. The summed E-state index contributed by atoms with van der Waals surface area (Å²) < 4.78 is 13.1. The predicted molar refractivity (Wildman–Crippen MR) is 73.4 cm³/mol. The van der Waals surface area contributed by atoms with Crippen molar-refractivity contribution in [2.24, 2.45) is 5.73 Å². The van der Waals surface area contributed by atoms with Crippen molar-refractivity contribution < 1.29 is 4.39 Å². The Hall–Kier alpha value is -1.38. The first-order valence-electron chi connectivity index (χ1n) is 5.89. The molecule has 0 heterocycles. The number of benzene rings is 2. The summed E-state index contributed by atoms with van der Waals surface area (Å²) >= 11 is 5.86. The molecule has 2 N–H and O–H groups in total. The van der Waals surface area contributed by atoms with Crippen molar-refractivity contribution in [3.8, 4) is 0 Å². The molecule has 3 heteroatoms. The van der Waals surface area contributed by atoms with Crippen LogP contribution in [0.1, 0.15) is 17.0 Å². The lowest BCUT2D eigenvalue weighted by atomic mass is 9.92. The number of halogens is 2. The third kappa shape index (κ3) is 3.31. The fourth-order valence-corrected chi connectivity index (χ4v) is 2.15. The van der Waals surface area contributed by atoms with E-state index in [-0.39, 0.29) is 11.7 Å². The minimum atomic E-state index is -0.209. The first-order valence-corrected chi connectivity index (χ1v) is 6.27. The second kappa shape index (κ2) is 5.98. The lowest BCUT2D eigenvalue weighted by Crippen LogP contribution is -2.15. The second-order valence-electron chi connectivity index (χ2n) is 4.32. The van der Waals surface area contributed by atoms with Gasteiger partial charge in [-0.3, -0.25) is 0 Å². The SMILES string of the molecule is NCC(Cc1cccc(F)c1)c1ccc(Cl)cc1. The Kier molecular flexibility index (Phi) is 4.34. The zero-order valence-electron chi connectivity index (χ0n) is 9.94. The standard InChI is InChI=1S/C15H15ClFN/c16-14-6-4-12(5-7-14)13(10-18)8-11-2-1-3-15(17)9-11/h1-7,9,13H,8,10,18H2. The lowest BCUT2D eigenvalue weighted by Gasteiger charge is -2.15. The van der Waals surface area contributed by atoms with Crippen LogP contribution in [0, 0.1) is 5.82 Å². The van der Waals surface area contributed by atoms with E-state index < -0.39 is 0 Å². The van der Waals surface area contributed by atoms with Gasteiger partial charge in [-0.2, -0.15) is 0 Å². The van der Waals surface area contributed by atoms with Crippen LogP contribution in [0.2, 0.25) is 5.02 Å². The third-order valence-electron chi connectivity index (χ3n) is 3.00. The molecule has 2 rings (SSSR count). The van der Waals surface area contributed by atoms with Gasteiger partial charge in [0.25, 0.3) is 0 Å². The molecule has 0 saturated carbocycles. The quantitative estimate of drug-likeness (QED) is 0.893. The van der Waals surface area contributed by atoms with E-state index >= 15 is 0 Å². The zero-order valence-corrected chi connectivity index (χ0v) is 10.7. The molecule has 1 unspecified atom stereocenters. The highest BCUT2D eigenvalue weighted by molar-refractivity contribution is 6.30. The Bertz CT molecular complexity index is 510. The maximum absolute atomic E-state index is 13.1. The smallest absolute Gasteiger partial charge is 0.123 e. The number of nitrogens with two attached hydrogens (primary N) is 1. The van der Waals surface area contributed by atoms with Gasteiger partial charge in [-0.15, -0.1) is 0 Å². The Morgan fingerprint density at radius 3 is 2.44 bits per heavy atom. The Balaban J connectivity index is 2.17. The van der Waals surface area contributed by atoms with E-state index in [9.17, 15) is 4.39 Å². The van der Waals surface area contributed by atoms with Gasteiger partial charge in [-0.25, -0.2) is 4.39 Å². The van der Waals surface area contributed by atoms with Crippen LogP contribution in [0.3, 0.4) is 0 Å². The average Bonchev–Trinajstić information content (AvgIpc) is 2.37. The van der Waals surface area contributed by atoms with Crippen LogP contribution >= 0.6 is 11.6 Å². The molecule has 0 aliphatic rings. The van der Waals surface area contributed by atoms with E-state index in [0.29, 0.717) is 11.6 Å². The summed E-state index contributed by atoms with van der Waals surface area (Å²) in [6.07, 6.45) is 0.732. The van der Waals surface area contributed by atoms with Gasteiger partial charge in [-0.1, -0.05) is 35.9 Å². The molecule has 0 saturated heterocycles. The normalized spacial score (nSPS) is 12.4. The van der Waals surface area contributed by atoms with Crippen molar-refractivity contribution in [2.45, 2.75) is 12.3 Å². The number of hydrogen-bond donors (Lipinski definition) is 1. The minimum Gasteiger partial charge on any atom is -0.330 e. The summed E-state index contributed by atoms with van der Waals surface area (Å²) in [6, 6.07) is 14.3. The molecule has 1 atom stereocenters. The zero-order chi connectivity index (χ0) is 13.0. The monoisotopic (exact) mass is 263 g/mol. The van der Waals surface area contributed by atoms with Crippen LogP contribution in [0.25, 0.3) is 0 Å². The molecule has 2 aromatic rings. The molecular formula is C15H15ClFN. The summed E-state index contributed by atoms with van der Waals surface area (Å²) in [6.45, 7) is 0.526. The Morgan fingerprint density at radius 1 is 1.11 bits per heavy atom. The van der Waals surface area contributed by atoms with Gasteiger partial charge in [0, 0.05) is 10.9 Å². The number of hydrogen-bond acceptors (Lipinski definition) is 1. The maximum atomic E-state index is 13.1. The van der Waals surface area contributed by atoms with Crippen molar-refractivity contribution in [3.63, 3.8) is 0 Å². The van der Waals surface area contributed by atoms with E-state index in [1.165, 1.54) is 6.07 Å². The van der Waals surface area contributed by atoms with Gasteiger partial charge >= 0.3 is 0 Å². The molecule has 2 aromatic carbocycles. The highest BCUT2D eigenvalue weighted by Gasteiger charge is 2.11. The summed E-state index contributed by atoms with van der Waals surface area (Å²) in [4.78, 5) is 0. The first-order chi connectivity index (χ1) is 8.69. The second-order valence-corrected chi connectivity index (χ2v) is 4.75. The van der Waals surface area contributed by atoms with Crippen LogP contribution in [-0.4, -0.2) is 6.54 Å². The highest BCUT2D eigenvalue weighted by Crippen LogP contribution is 2.22. The van der Waals surface area contributed by atoms with Gasteiger partial charge in [0.05, 0.1) is 0 Å². The molecule has 0 bridgehead atoms. The molecule has 0 amide bonds. The van der Waals surface area contributed by atoms with Crippen molar-refractivity contribution >= 4 is 11.6 Å².